The van der Waals surface area contributed by atoms with E-state index in [1.807, 2.05) is 6.92 Å². The van der Waals surface area contributed by atoms with Gasteiger partial charge in [0.05, 0.1) is 0 Å². The van der Waals surface area contributed by atoms with Crippen molar-refractivity contribution < 1.29 is 4.74 Å². The van der Waals surface area contributed by atoms with Gasteiger partial charge in [-0.3, -0.25) is 0 Å². The first-order chi connectivity index (χ1) is 8.06. The predicted octanol–water partition coefficient (Wildman–Crippen LogP) is 2.94. The maximum Gasteiger partial charge on any atom is 0.0479 e. The third-order valence-corrected chi connectivity index (χ3v) is 3.44. The Labute approximate surface area is 112 Å². The molecule has 4 heteroatoms. The first kappa shape index (κ1) is 14.5. The van der Waals surface area contributed by atoms with E-state index < -0.39 is 0 Å². The maximum absolute atomic E-state index is 5.88. The summed E-state index contributed by atoms with van der Waals surface area (Å²) in [6.07, 6.45) is 1.03. The molecule has 17 heavy (non-hydrogen) atoms. The van der Waals surface area contributed by atoms with Crippen LogP contribution in [-0.2, 0) is 4.74 Å². The van der Waals surface area contributed by atoms with E-state index in [-0.39, 0.29) is 6.04 Å². The number of nitrogens with two attached hydrogens (primary N) is 1. The normalized spacial score (nSPS) is 12.5. The molecule has 1 atom stereocenters. The van der Waals surface area contributed by atoms with Gasteiger partial charge in [-0.2, -0.15) is 0 Å². The summed E-state index contributed by atoms with van der Waals surface area (Å²) in [5, 5.41) is 0. The minimum Gasteiger partial charge on any atom is -0.385 e. The molecule has 0 saturated heterocycles. The van der Waals surface area contributed by atoms with Crippen LogP contribution in [0.3, 0.4) is 0 Å². The lowest BCUT2D eigenvalue weighted by Crippen LogP contribution is -2.20. The third kappa shape index (κ3) is 4.30. The van der Waals surface area contributed by atoms with Gasteiger partial charge >= 0.3 is 0 Å². The zero-order valence-corrected chi connectivity index (χ0v) is 12.3. The zero-order valence-electron chi connectivity index (χ0n) is 10.7. The van der Waals surface area contributed by atoms with Crippen molar-refractivity contribution in [3.63, 3.8) is 0 Å². The highest BCUT2D eigenvalue weighted by Gasteiger charge is 2.07. The summed E-state index contributed by atoms with van der Waals surface area (Å²) in [7, 11) is 3.82. The van der Waals surface area contributed by atoms with Crippen LogP contribution in [0.5, 0.6) is 0 Å². The summed E-state index contributed by atoms with van der Waals surface area (Å²) in [6.45, 7) is 3.77. The van der Waals surface area contributed by atoms with Gasteiger partial charge in [0.1, 0.15) is 0 Å². The fourth-order valence-electron chi connectivity index (χ4n) is 1.70. The fourth-order valence-corrected chi connectivity index (χ4v) is 2.43. The Kier molecular flexibility index (Phi) is 5.95. The second-order valence-electron chi connectivity index (χ2n) is 4.26. The van der Waals surface area contributed by atoms with Gasteiger partial charge in [0.25, 0.3) is 0 Å². The molecule has 0 spiro atoms. The number of methoxy groups -OCH3 is 1. The molecule has 96 valence electrons. The van der Waals surface area contributed by atoms with Gasteiger partial charge in [0, 0.05) is 43.5 Å². The minimum absolute atomic E-state index is 0.0530. The van der Waals surface area contributed by atoms with Crippen molar-refractivity contribution in [2.45, 2.75) is 19.4 Å². The van der Waals surface area contributed by atoms with Gasteiger partial charge in [-0.1, -0.05) is 22.0 Å². The second kappa shape index (κ2) is 6.99. The summed E-state index contributed by atoms with van der Waals surface area (Å²) in [4.78, 5) is 2.22. The predicted molar refractivity (Wildman–Crippen MR) is 76.5 cm³/mol. The number of hydrogen-bond donors (Lipinski definition) is 1. The van der Waals surface area contributed by atoms with Crippen molar-refractivity contribution in [1.82, 2.24) is 0 Å². The van der Waals surface area contributed by atoms with Crippen molar-refractivity contribution in [1.29, 1.82) is 0 Å². The van der Waals surface area contributed by atoms with E-state index >= 15 is 0 Å². The van der Waals surface area contributed by atoms with Crippen molar-refractivity contribution in [3.8, 4) is 0 Å². The van der Waals surface area contributed by atoms with E-state index in [2.05, 4.69) is 46.1 Å². The average molecular weight is 301 g/mol. The van der Waals surface area contributed by atoms with Crippen LogP contribution in [0.1, 0.15) is 24.9 Å². The molecule has 0 radical (unpaired) electrons. The monoisotopic (exact) mass is 300 g/mol. The van der Waals surface area contributed by atoms with Crippen LogP contribution in [0, 0.1) is 0 Å². The van der Waals surface area contributed by atoms with Crippen LogP contribution >= 0.6 is 15.9 Å². The number of nitrogens with zero attached hydrogens (tertiary/aromatic N) is 1. The van der Waals surface area contributed by atoms with Gasteiger partial charge in [-0.15, -0.1) is 0 Å². The molecule has 0 saturated carbocycles. The quantitative estimate of drug-likeness (QED) is 0.821. The van der Waals surface area contributed by atoms with Crippen LogP contribution in [0.4, 0.5) is 5.69 Å². The summed E-state index contributed by atoms with van der Waals surface area (Å²) in [5.41, 5.74) is 8.21. The van der Waals surface area contributed by atoms with Crippen LogP contribution in [0.15, 0.2) is 22.7 Å². The summed E-state index contributed by atoms with van der Waals surface area (Å²) in [5.74, 6) is 0. The Hall–Kier alpha value is -0.580. The minimum atomic E-state index is 0.0530. The Bertz CT molecular complexity index is 355. The Morgan fingerprint density at radius 3 is 2.71 bits per heavy atom. The van der Waals surface area contributed by atoms with Crippen LogP contribution in [0.25, 0.3) is 0 Å². The topological polar surface area (TPSA) is 38.5 Å². The molecule has 2 N–H and O–H groups in total. The van der Waals surface area contributed by atoms with E-state index in [9.17, 15) is 0 Å². The smallest absolute Gasteiger partial charge is 0.0479 e. The highest BCUT2D eigenvalue weighted by molar-refractivity contribution is 9.10. The molecule has 0 bridgehead atoms. The summed E-state index contributed by atoms with van der Waals surface area (Å²) >= 11 is 3.57. The Morgan fingerprint density at radius 1 is 1.47 bits per heavy atom. The van der Waals surface area contributed by atoms with Crippen LogP contribution in [-0.4, -0.2) is 27.3 Å². The third-order valence-electron chi connectivity index (χ3n) is 2.76. The van der Waals surface area contributed by atoms with E-state index in [1.165, 1.54) is 5.69 Å². The van der Waals surface area contributed by atoms with Gasteiger partial charge < -0.3 is 15.4 Å². The molecule has 0 heterocycles. The lowest BCUT2D eigenvalue weighted by molar-refractivity contribution is 0.196. The fraction of sp³-hybridized carbons (Fsp3) is 0.538. The number of rotatable bonds is 6. The van der Waals surface area contributed by atoms with Crippen LogP contribution in [0.2, 0.25) is 0 Å². The molecule has 3 nitrogen and oxygen atoms in total. The van der Waals surface area contributed by atoms with Crippen molar-refractivity contribution in [2.24, 2.45) is 5.73 Å². The molecule has 1 aromatic carbocycles. The molecule has 0 fully saturated rings. The van der Waals surface area contributed by atoms with Crippen LogP contribution < -0.4 is 10.6 Å². The number of benzene rings is 1. The molecule has 1 unspecified atom stereocenters. The first-order valence-corrected chi connectivity index (χ1v) is 6.60. The molecule has 1 rings (SSSR count). The molecule has 0 aromatic heterocycles. The summed E-state index contributed by atoms with van der Waals surface area (Å²) < 4.78 is 6.12. The Morgan fingerprint density at radius 2 is 2.18 bits per heavy atom. The van der Waals surface area contributed by atoms with E-state index in [0.717, 1.165) is 29.6 Å². The molecular formula is C13H21BrN2O. The highest BCUT2D eigenvalue weighted by atomic mass is 79.9. The molecular weight excluding hydrogens is 280 g/mol. The van der Waals surface area contributed by atoms with Crippen molar-refractivity contribution in [2.75, 3.05) is 32.2 Å². The maximum atomic E-state index is 5.88. The molecule has 0 aliphatic heterocycles. The SMILES string of the molecule is COCCCN(C)c1ccc(C(C)N)c(Br)c1. The molecule has 1 aromatic rings. The number of ether oxygens (including phenoxy) is 1. The molecule has 0 aliphatic rings. The second-order valence-corrected chi connectivity index (χ2v) is 5.12. The highest BCUT2D eigenvalue weighted by Crippen LogP contribution is 2.26. The van der Waals surface area contributed by atoms with Crippen molar-refractivity contribution >= 4 is 21.6 Å². The standard InChI is InChI=1S/C13H21BrN2O/c1-10(15)12-6-5-11(9-13(12)14)16(2)7-4-8-17-3/h5-6,9-10H,4,7-8,15H2,1-3H3. The van der Waals surface area contributed by atoms with Gasteiger partial charge in [0.2, 0.25) is 0 Å². The average Bonchev–Trinajstić information content (AvgIpc) is 2.28. The number of halogens is 1. The zero-order chi connectivity index (χ0) is 12.8. The Balaban J connectivity index is 2.69. The molecule has 0 aliphatic carbocycles. The number of hydrogen-bond acceptors (Lipinski definition) is 3. The van der Waals surface area contributed by atoms with Gasteiger partial charge in [-0.05, 0) is 31.0 Å². The molecule has 0 amide bonds. The van der Waals surface area contributed by atoms with E-state index in [0.29, 0.717) is 0 Å². The van der Waals surface area contributed by atoms with Gasteiger partial charge in [0.15, 0.2) is 0 Å². The van der Waals surface area contributed by atoms with Crippen molar-refractivity contribution in [3.05, 3.63) is 28.2 Å². The van der Waals surface area contributed by atoms with Gasteiger partial charge in [-0.25, -0.2) is 0 Å². The van der Waals surface area contributed by atoms with E-state index in [1.54, 1.807) is 7.11 Å². The number of anilines is 1. The lowest BCUT2D eigenvalue weighted by atomic mass is 10.1. The largest absolute Gasteiger partial charge is 0.385 e. The first-order valence-electron chi connectivity index (χ1n) is 5.81. The summed E-state index contributed by atoms with van der Waals surface area (Å²) in [6, 6.07) is 6.36. The van der Waals surface area contributed by atoms with E-state index in [4.69, 9.17) is 10.5 Å². The lowest BCUT2D eigenvalue weighted by Gasteiger charge is -2.20.